The van der Waals surface area contributed by atoms with Crippen LogP contribution >= 0.6 is 0 Å². The first kappa shape index (κ1) is 12.9. The van der Waals surface area contributed by atoms with Crippen molar-refractivity contribution in [2.45, 2.75) is 26.7 Å². The van der Waals surface area contributed by atoms with Gasteiger partial charge in [0.05, 0.1) is 41.3 Å². The van der Waals surface area contributed by atoms with Crippen LogP contribution in [-0.2, 0) is 0 Å². The predicted molar refractivity (Wildman–Crippen MR) is 59.4 cm³/mol. The van der Waals surface area contributed by atoms with E-state index in [4.69, 9.17) is 0 Å². The Morgan fingerprint density at radius 1 is 0.692 bits per heavy atom. The molecule has 0 rings (SSSR count). The fourth-order valence-electron chi connectivity index (χ4n) is 2.39. The summed E-state index contributed by atoms with van der Waals surface area (Å²) in [6.45, 7) is 8.33. The molecule has 0 heterocycles. The van der Waals surface area contributed by atoms with Gasteiger partial charge in [-0.1, -0.05) is 13.8 Å². The lowest BCUT2D eigenvalue weighted by Gasteiger charge is -2.38. The maximum absolute atomic E-state index is 2.33. The third-order valence-corrected chi connectivity index (χ3v) is 2.42. The van der Waals surface area contributed by atoms with Crippen LogP contribution in [0.2, 0.25) is 0 Å². The molecule has 0 aromatic rings. The molecule has 0 saturated heterocycles. The Morgan fingerprint density at radius 3 is 1.23 bits per heavy atom. The molecular formula is C11H28N2+2. The molecule has 0 atom stereocenters. The van der Waals surface area contributed by atoms with Crippen LogP contribution in [0.3, 0.4) is 0 Å². The average molecular weight is 188 g/mol. The highest BCUT2D eigenvalue weighted by molar-refractivity contribution is 4.29. The summed E-state index contributed by atoms with van der Waals surface area (Å²) in [5.41, 5.74) is 0. The number of hydrogen-bond donors (Lipinski definition) is 0. The zero-order chi connectivity index (χ0) is 10.5. The quantitative estimate of drug-likeness (QED) is 0.441. The van der Waals surface area contributed by atoms with Gasteiger partial charge >= 0.3 is 0 Å². The summed E-state index contributed by atoms with van der Waals surface area (Å²) in [7, 11) is 9.33. The summed E-state index contributed by atoms with van der Waals surface area (Å²) >= 11 is 0. The van der Waals surface area contributed by atoms with Gasteiger partial charge in [0.1, 0.15) is 0 Å². The molecule has 0 saturated carbocycles. The summed E-state index contributed by atoms with van der Waals surface area (Å²) in [6, 6.07) is 0. The summed E-state index contributed by atoms with van der Waals surface area (Å²) in [5, 5.41) is 0. The van der Waals surface area contributed by atoms with Gasteiger partial charge in [-0.25, -0.2) is 0 Å². The zero-order valence-corrected chi connectivity index (χ0v) is 10.4. The van der Waals surface area contributed by atoms with Crippen molar-refractivity contribution in [2.24, 2.45) is 0 Å². The molecule has 0 aromatic carbocycles. The topological polar surface area (TPSA) is 0 Å². The summed E-state index contributed by atoms with van der Waals surface area (Å²) < 4.78 is 2.28. The molecule has 0 aliphatic carbocycles. The van der Waals surface area contributed by atoms with Crippen molar-refractivity contribution in [3.05, 3.63) is 0 Å². The molecule has 0 aliphatic heterocycles. The Hall–Kier alpha value is -0.0800. The van der Waals surface area contributed by atoms with Gasteiger partial charge in [-0.2, -0.15) is 0 Å². The van der Waals surface area contributed by atoms with E-state index >= 15 is 0 Å². The fraction of sp³-hybridized carbons (Fsp3) is 1.00. The van der Waals surface area contributed by atoms with Crippen molar-refractivity contribution < 1.29 is 8.97 Å². The molecule has 0 N–H and O–H groups in total. The van der Waals surface area contributed by atoms with Crippen LogP contribution in [-0.4, -0.2) is 56.9 Å². The van der Waals surface area contributed by atoms with Gasteiger partial charge in [0, 0.05) is 0 Å². The zero-order valence-electron chi connectivity index (χ0n) is 10.4. The molecular weight excluding hydrogens is 160 g/mol. The standard InChI is InChI=1S/C11H28N2/c1-7-9-12(3,4)11-13(5,6)10-8-2/h7-11H2,1-6H3/q+2. The van der Waals surface area contributed by atoms with E-state index in [0.717, 1.165) is 8.97 Å². The molecule has 0 unspecified atom stereocenters. The van der Waals surface area contributed by atoms with Crippen LogP contribution in [0.4, 0.5) is 0 Å². The molecule has 0 radical (unpaired) electrons. The van der Waals surface area contributed by atoms with E-state index in [1.54, 1.807) is 0 Å². The van der Waals surface area contributed by atoms with Crippen molar-refractivity contribution in [3.63, 3.8) is 0 Å². The molecule has 0 aliphatic rings. The molecule has 13 heavy (non-hydrogen) atoms. The second kappa shape index (κ2) is 4.97. The lowest BCUT2D eigenvalue weighted by molar-refractivity contribution is -1.07. The third-order valence-electron chi connectivity index (χ3n) is 2.42. The van der Waals surface area contributed by atoms with Gasteiger partial charge in [0.25, 0.3) is 0 Å². The molecule has 0 aromatic heterocycles. The highest BCUT2D eigenvalue weighted by atomic mass is 15.5. The van der Waals surface area contributed by atoms with E-state index < -0.39 is 0 Å². The summed E-state index contributed by atoms with van der Waals surface area (Å²) in [5.74, 6) is 0. The monoisotopic (exact) mass is 188 g/mol. The van der Waals surface area contributed by atoms with Crippen molar-refractivity contribution >= 4 is 0 Å². The molecule has 2 nitrogen and oxygen atoms in total. The van der Waals surface area contributed by atoms with E-state index in [9.17, 15) is 0 Å². The Labute approximate surface area is 84.3 Å². The van der Waals surface area contributed by atoms with Crippen LogP contribution in [0, 0.1) is 0 Å². The fourth-order valence-corrected chi connectivity index (χ4v) is 2.39. The number of quaternary nitrogens is 2. The Kier molecular flexibility index (Phi) is 4.93. The first-order valence-electron chi connectivity index (χ1n) is 5.47. The number of rotatable bonds is 6. The SMILES string of the molecule is CCC[N+](C)(C)C[N+](C)(C)CCC. The highest BCUT2D eigenvalue weighted by Crippen LogP contribution is 2.07. The Bertz CT molecular complexity index is 123. The maximum atomic E-state index is 2.33. The van der Waals surface area contributed by atoms with Crippen LogP contribution in [0.25, 0.3) is 0 Å². The third kappa shape index (κ3) is 6.05. The molecule has 2 heteroatoms. The van der Waals surface area contributed by atoms with Gasteiger partial charge in [-0.05, 0) is 12.8 Å². The van der Waals surface area contributed by atoms with Crippen LogP contribution in [0.15, 0.2) is 0 Å². The van der Waals surface area contributed by atoms with Crippen molar-refractivity contribution in [1.29, 1.82) is 0 Å². The van der Waals surface area contributed by atoms with Gasteiger partial charge in [-0.15, -0.1) is 0 Å². The lowest BCUT2D eigenvalue weighted by Crippen LogP contribution is -2.56. The van der Waals surface area contributed by atoms with Gasteiger partial charge in [0.15, 0.2) is 0 Å². The summed E-state index contributed by atoms with van der Waals surface area (Å²) in [4.78, 5) is 0. The van der Waals surface area contributed by atoms with E-state index in [0.29, 0.717) is 0 Å². The summed E-state index contributed by atoms with van der Waals surface area (Å²) in [6.07, 6.45) is 2.55. The Morgan fingerprint density at radius 2 is 1.00 bits per heavy atom. The lowest BCUT2D eigenvalue weighted by atomic mass is 10.3. The van der Waals surface area contributed by atoms with Gasteiger partial charge in [-0.3, -0.25) is 8.97 Å². The van der Waals surface area contributed by atoms with Crippen molar-refractivity contribution in [2.75, 3.05) is 47.9 Å². The minimum absolute atomic E-state index is 1.14. The molecule has 0 spiro atoms. The van der Waals surface area contributed by atoms with E-state index in [1.807, 2.05) is 0 Å². The number of nitrogens with zero attached hydrogens (tertiary/aromatic N) is 2. The van der Waals surface area contributed by atoms with Crippen molar-refractivity contribution in [1.82, 2.24) is 0 Å². The van der Waals surface area contributed by atoms with E-state index in [1.165, 1.54) is 32.6 Å². The van der Waals surface area contributed by atoms with Crippen LogP contribution in [0.1, 0.15) is 26.7 Å². The normalized spacial score (nSPS) is 13.4. The number of hydrogen-bond acceptors (Lipinski definition) is 0. The Balaban J connectivity index is 4.07. The minimum atomic E-state index is 1.14. The van der Waals surface area contributed by atoms with Gasteiger partial charge in [0.2, 0.25) is 6.67 Å². The average Bonchev–Trinajstić information content (AvgIpc) is 1.82. The smallest absolute Gasteiger partial charge is 0.206 e. The molecule has 0 fully saturated rings. The molecule has 80 valence electrons. The largest absolute Gasteiger partial charge is 0.282 e. The molecule has 0 amide bonds. The first-order valence-corrected chi connectivity index (χ1v) is 5.47. The predicted octanol–water partition coefficient (Wildman–Crippen LogP) is 1.92. The van der Waals surface area contributed by atoms with E-state index in [2.05, 4.69) is 42.0 Å². The van der Waals surface area contributed by atoms with Gasteiger partial charge < -0.3 is 0 Å². The van der Waals surface area contributed by atoms with Crippen LogP contribution in [0.5, 0.6) is 0 Å². The minimum Gasteiger partial charge on any atom is -0.282 e. The second-order valence-corrected chi connectivity index (χ2v) is 5.46. The first-order chi connectivity index (χ1) is 5.83. The van der Waals surface area contributed by atoms with E-state index in [-0.39, 0.29) is 0 Å². The highest BCUT2D eigenvalue weighted by Gasteiger charge is 2.25. The second-order valence-electron chi connectivity index (χ2n) is 5.46. The maximum Gasteiger partial charge on any atom is 0.206 e. The molecule has 0 bridgehead atoms. The van der Waals surface area contributed by atoms with Crippen molar-refractivity contribution in [3.8, 4) is 0 Å². The van der Waals surface area contributed by atoms with Crippen LogP contribution < -0.4 is 0 Å².